The predicted molar refractivity (Wildman–Crippen MR) is 73.7 cm³/mol. The van der Waals surface area contributed by atoms with E-state index in [0.717, 1.165) is 28.5 Å². The summed E-state index contributed by atoms with van der Waals surface area (Å²) < 4.78 is 0. The highest BCUT2D eigenvalue weighted by Crippen LogP contribution is 2.21. The fourth-order valence-corrected chi connectivity index (χ4v) is 1.93. The maximum atomic E-state index is 5.91. The summed E-state index contributed by atoms with van der Waals surface area (Å²) in [4.78, 5) is 8.73. The molecule has 3 nitrogen and oxygen atoms in total. The van der Waals surface area contributed by atoms with Gasteiger partial charge in [-0.3, -0.25) is 9.97 Å². The average Bonchev–Trinajstić information content (AvgIpc) is 2.39. The summed E-state index contributed by atoms with van der Waals surface area (Å²) in [6.45, 7) is 4.87. The van der Waals surface area contributed by atoms with Crippen LogP contribution in [-0.4, -0.2) is 16.5 Å². The molecule has 0 spiro atoms. The molecule has 4 heteroatoms. The zero-order valence-corrected chi connectivity index (χ0v) is 11.3. The lowest BCUT2D eigenvalue weighted by atomic mass is 10.0. The molecule has 1 unspecified atom stereocenters. The van der Waals surface area contributed by atoms with Gasteiger partial charge in [0.1, 0.15) is 0 Å². The predicted octanol–water partition coefficient (Wildman–Crippen LogP) is 3.14. The van der Waals surface area contributed by atoms with Crippen molar-refractivity contribution in [1.82, 2.24) is 15.3 Å². The van der Waals surface area contributed by atoms with Crippen molar-refractivity contribution < 1.29 is 0 Å². The number of aromatic nitrogens is 2. The van der Waals surface area contributed by atoms with Crippen LogP contribution in [0.4, 0.5) is 0 Å². The smallest absolute Gasteiger partial charge is 0.0801 e. The van der Waals surface area contributed by atoms with Crippen LogP contribution < -0.4 is 5.32 Å². The zero-order chi connectivity index (χ0) is 13.0. The van der Waals surface area contributed by atoms with E-state index in [2.05, 4.69) is 22.2 Å². The molecule has 2 aromatic rings. The van der Waals surface area contributed by atoms with Crippen LogP contribution in [0.15, 0.2) is 36.7 Å². The molecule has 0 aliphatic heterocycles. The van der Waals surface area contributed by atoms with E-state index in [0.29, 0.717) is 0 Å². The minimum absolute atomic E-state index is 0.0559. The second kappa shape index (κ2) is 5.94. The highest BCUT2D eigenvalue weighted by molar-refractivity contribution is 6.30. The van der Waals surface area contributed by atoms with Crippen LogP contribution in [-0.2, 0) is 0 Å². The summed E-state index contributed by atoms with van der Waals surface area (Å²) in [5, 5.41) is 4.15. The minimum atomic E-state index is 0.0559. The molecular formula is C14H16ClN3. The maximum Gasteiger partial charge on any atom is 0.0801 e. The second-order valence-electron chi connectivity index (χ2n) is 4.12. The molecule has 0 saturated heterocycles. The van der Waals surface area contributed by atoms with E-state index in [1.165, 1.54) is 0 Å². The Morgan fingerprint density at radius 3 is 2.44 bits per heavy atom. The lowest BCUT2D eigenvalue weighted by Gasteiger charge is -2.17. The summed E-state index contributed by atoms with van der Waals surface area (Å²) >= 11 is 5.91. The average molecular weight is 262 g/mol. The monoisotopic (exact) mass is 261 g/mol. The van der Waals surface area contributed by atoms with E-state index >= 15 is 0 Å². The molecule has 0 amide bonds. The molecule has 94 valence electrons. The van der Waals surface area contributed by atoms with Crippen LogP contribution in [0, 0.1) is 6.92 Å². The number of halogens is 1. The van der Waals surface area contributed by atoms with E-state index in [1.54, 1.807) is 6.20 Å². The lowest BCUT2D eigenvalue weighted by molar-refractivity contribution is 0.612. The fraction of sp³-hybridized carbons (Fsp3) is 0.286. The van der Waals surface area contributed by atoms with Crippen LogP contribution in [0.3, 0.4) is 0 Å². The molecule has 1 aromatic heterocycles. The van der Waals surface area contributed by atoms with Crippen LogP contribution >= 0.6 is 11.6 Å². The third-order valence-corrected chi connectivity index (χ3v) is 2.96. The molecule has 1 N–H and O–H groups in total. The van der Waals surface area contributed by atoms with E-state index in [-0.39, 0.29) is 6.04 Å². The number of benzene rings is 1. The molecule has 0 bridgehead atoms. The van der Waals surface area contributed by atoms with Crippen molar-refractivity contribution in [2.24, 2.45) is 0 Å². The molecule has 1 atom stereocenters. The summed E-state index contributed by atoms with van der Waals surface area (Å²) in [7, 11) is 0. The first kappa shape index (κ1) is 13.0. The van der Waals surface area contributed by atoms with Crippen molar-refractivity contribution in [3.63, 3.8) is 0 Å². The van der Waals surface area contributed by atoms with E-state index in [9.17, 15) is 0 Å². The fourth-order valence-electron chi connectivity index (χ4n) is 1.80. The molecule has 18 heavy (non-hydrogen) atoms. The van der Waals surface area contributed by atoms with Gasteiger partial charge in [-0.25, -0.2) is 0 Å². The number of hydrogen-bond donors (Lipinski definition) is 1. The highest BCUT2D eigenvalue weighted by Gasteiger charge is 2.14. The number of aryl methyl sites for hydroxylation is 1. The third-order valence-electron chi connectivity index (χ3n) is 2.71. The molecular weight excluding hydrogens is 246 g/mol. The van der Waals surface area contributed by atoms with Gasteiger partial charge >= 0.3 is 0 Å². The van der Waals surface area contributed by atoms with Gasteiger partial charge in [-0.2, -0.15) is 0 Å². The van der Waals surface area contributed by atoms with Gasteiger partial charge in [0.05, 0.1) is 23.6 Å². The Labute approximate surface area is 112 Å². The molecule has 0 aliphatic carbocycles. The number of nitrogens with one attached hydrogen (secondary N) is 1. The standard InChI is InChI=1S/C14H16ClN3/c1-3-16-14(11-4-6-12(15)7-5-11)13-9-17-10(2)8-18-13/h4-9,14,16H,3H2,1-2H3. The Morgan fingerprint density at radius 1 is 1.17 bits per heavy atom. The SMILES string of the molecule is CCNC(c1ccc(Cl)cc1)c1cnc(C)cn1. The van der Waals surface area contributed by atoms with Crippen molar-refractivity contribution in [3.8, 4) is 0 Å². The first-order valence-corrected chi connectivity index (χ1v) is 6.36. The Hall–Kier alpha value is -1.45. The van der Waals surface area contributed by atoms with Gasteiger partial charge in [0.15, 0.2) is 0 Å². The Bertz CT molecular complexity index is 448. The van der Waals surface area contributed by atoms with Crippen molar-refractivity contribution >= 4 is 11.6 Å². The van der Waals surface area contributed by atoms with Gasteiger partial charge in [-0.15, -0.1) is 0 Å². The molecule has 0 aliphatic rings. The minimum Gasteiger partial charge on any atom is -0.305 e. The van der Waals surface area contributed by atoms with Crippen LogP contribution in [0.1, 0.15) is 29.9 Å². The first-order valence-electron chi connectivity index (χ1n) is 5.98. The summed E-state index contributed by atoms with van der Waals surface area (Å²) in [6.07, 6.45) is 3.60. The maximum absolute atomic E-state index is 5.91. The Balaban J connectivity index is 2.33. The van der Waals surface area contributed by atoms with Crippen molar-refractivity contribution in [1.29, 1.82) is 0 Å². The van der Waals surface area contributed by atoms with Gasteiger partial charge in [0, 0.05) is 11.2 Å². The largest absolute Gasteiger partial charge is 0.305 e. The lowest BCUT2D eigenvalue weighted by Crippen LogP contribution is -2.23. The van der Waals surface area contributed by atoms with E-state index in [1.807, 2.05) is 37.4 Å². The van der Waals surface area contributed by atoms with Gasteiger partial charge in [-0.1, -0.05) is 30.7 Å². The topological polar surface area (TPSA) is 37.8 Å². The summed E-state index contributed by atoms with van der Waals surface area (Å²) in [5.74, 6) is 0. The van der Waals surface area contributed by atoms with Crippen molar-refractivity contribution in [3.05, 3.63) is 58.6 Å². The normalized spacial score (nSPS) is 12.4. The van der Waals surface area contributed by atoms with Crippen LogP contribution in [0.5, 0.6) is 0 Å². The molecule has 0 fully saturated rings. The van der Waals surface area contributed by atoms with Crippen molar-refractivity contribution in [2.75, 3.05) is 6.54 Å². The van der Waals surface area contributed by atoms with Gasteiger partial charge in [0.25, 0.3) is 0 Å². The number of rotatable bonds is 4. The summed E-state index contributed by atoms with van der Waals surface area (Å²) in [6, 6.07) is 7.86. The second-order valence-corrected chi connectivity index (χ2v) is 4.56. The first-order chi connectivity index (χ1) is 8.70. The number of hydrogen-bond acceptors (Lipinski definition) is 3. The summed E-state index contributed by atoms with van der Waals surface area (Å²) in [5.41, 5.74) is 2.98. The third kappa shape index (κ3) is 3.06. The van der Waals surface area contributed by atoms with Crippen molar-refractivity contribution in [2.45, 2.75) is 19.9 Å². The van der Waals surface area contributed by atoms with Crippen LogP contribution in [0.2, 0.25) is 5.02 Å². The zero-order valence-electron chi connectivity index (χ0n) is 10.5. The van der Waals surface area contributed by atoms with Crippen LogP contribution in [0.25, 0.3) is 0 Å². The Kier molecular flexibility index (Phi) is 4.28. The van der Waals surface area contributed by atoms with E-state index in [4.69, 9.17) is 11.6 Å². The van der Waals surface area contributed by atoms with E-state index < -0.39 is 0 Å². The van der Waals surface area contributed by atoms with Gasteiger partial charge < -0.3 is 5.32 Å². The molecule has 0 saturated carbocycles. The molecule has 0 radical (unpaired) electrons. The highest BCUT2D eigenvalue weighted by atomic mass is 35.5. The van der Waals surface area contributed by atoms with Gasteiger partial charge in [0.2, 0.25) is 0 Å². The number of nitrogens with zero attached hydrogens (tertiary/aromatic N) is 2. The molecule has 1 heterocycles. The Morgan fingerprint density at radius 2 is 1.89 bits per heavy atom. The van der Waals surface area contributed by atoms with Gasteiger partial charge in [-0.05, 0) is 31.2 Å². The molecule has 2 rings (SSSR count). The molecule has 1 aromatic carbocycles. The quantitative estimate of drug-likeness (QED) is 0.919.